The number of rotatable bonds is 5. The zero-order chi connectivity index (χ0) is 24.2. The van der Waals surface area contributed by atoms with Gasteiger partial charge in [-0.25, -0.2) is 4.68 Å². The van der Waals surface area contributed by atoms with Crippen LogP contribution >= 0.6 is 31.9 Å². The molecule has 182 valence electrons. The lowest BCUT2D eigenvalue weighted by Gasteiger charge is -2.40. The summed E-state index contributed by atoms with van der Waals surface area (Å²) in [6.45, 7) is 0.489. The number of nitrogens with zero attached hydrogens (tertiary/aromatic N) is 2. The van der Waals surface area contributed by atoms with Crippen molar-refractivity contribution in [1.82, 2.24) is 14.7 Å². The van der Waals surface area contributed by atoms with E-state index in [1.165, 1.54) is 25.7 Å². The van der Waals surface area contributed by atoms with Crippen LogP contribution in [-0.4, -0.2) is 20.8 Å². The lowest BCUT2D eigenvalue weighted by molar-refractivity contribution is 0.0823. The molecule has 0 spiro atoms. The topological polar surface area (TPSA) is 56.0 Å². The van der Waals surface area contributed by atoms with Crippen molar-refractivity contribution in [1.29, 1.82) is 0 Å². The molecule has 4 unspecified atom stereocenters. The summed E-state index contributed by atoms with van der Waals surface area (Å²) in [4.78, 5) is 27.3. The number of nitrogens with one attached hydrogen (secondary N) is 1. The molecule has 4 atom stereocenters. The number of aromatic nitrogens is 2. The molecule has 0 aliphatic heterocycles. The third-order valence-electron chi connectivity index (χ3n) is 8.41. The Kier molecular flexibility index (Phi) is 6.04. The molecule has 3 bridgehead atoms. The number of fused-ring (bicyclic) bond motifs is 2. The summed E-state index contributed by atoms with van der Waals surface area (Å²) in [5.41, 5.74) is 1.58. The van der Waals surface area contributed by atoms with Crippen molar-refractivity contribution >= 4 is 37.8 Å². The average Bonchev–Trinajstić information content (AvgIpc) is 3.26. The highest BCUT2D eigenvalue weighted by molar-refractivity contribution is 9.10. The van der Waals surface area contributed by atoms with E-state index in [9.17, 15) is 9.59 Å². The fraction of sp³-hybridized carbons (Fsp3) is 0.429. The smallest absolute Gasteiger partial charge is 0.284 e. The Balaban J connectivity index is 1.35. The van der Waals surface area contributed by atoms with E-state index >= 15 is 0 Å². The van der Waals surface area contributed by atoms with E-state index in [0.29, 0.717) is 6.54 Å². The number of hydrogen-bond donors (Lipinski definition) is 1. The third-order valence-corrected chi connectivity index (χ3v) is 9.47. The molecule has 0 saturated heterocycles. The first-order valence-corrected chi connectivity index (χ1v) is 14.1. The normalized spacial score (nSPS) is 27.1. The molecular formula is C28H29Br2N3O2. The van der Waals surface area contributed by atoms with Crippen LogP contribution in [0.4, 0.5) is 0 Å². The van der Waals surface area contributed by atoms with Gasteiger partial charge in [-0.1, -0.05) is 56.8 Å². The quantitative estimate of drug-likeness (QED) is 0.375. The zero-order valence-corrected chi connectivity index (χ0v) is 22.7. The van der Waals surface area contributed by atoms with Crippen LogP contribution in [-0.2, 0) is 6.54 Å². The van der Waals surface area contributed by atoms with Crippen molar-refractivity contribution in [2.24, 2.45) is 17.8 Å². The molecule has 6 rings (SSSR count). The number of carbonyl (C=O) groups excluding carboxylic acids is 1. The molecule has 3 aliphatic carbocycles. The molecule has 3 fully saturated rings. The van der Waals surface area contributed by atoms with Crippen LogP contribution in [0, 0.1) is 17.8 Å². The van der Waals surface area contributed by atoms with Gasteiger partial charge in [-0.3, -0.25) is 14.3 Å². The molecular weight excluding hydrogens is 570 g/mol. The van der Waals surface area contributed by atoms with Gasteiger partial charge >= 0.3 is 0 Å². The fourth-order valence-corrected chi connectivity index (χ4v) is 7.54. The highest BCUT2D eigenvalue weighted by Gasteiger charge is 2.50. The minimum absolute atomic E-state index is 0.154. The van der Waals surface area contributed by atoms with Gasteiger partial charge in [-0.15, -0.1) is 0 Å². The summed E-state index contributed by atoms with van der Waals surface area (Å²) < 4.78 is 5.42. The van der Waals surface area contributed by atoms with Gasteiger partial charge in [0.05, 0.1) is 12.2 Å². The zero-order valence-electron chi connectivity index (χ0n) is 19.6. The Morgan fingerprint density at radius 2 is 1.66 bits per heavy atom. The first-order chi connectivity index (χ1) is 16.9. The second kappa shape index (κ2) is 9.07. The summed E-state index contributed by atoms with van der Waals surface area (Å²) >= 11 is 6.96. The summed E-state index contributed by atoms with van der Waals surface area (Å²) in [6, 6.07) is 15.7. The van der Waals surface area contributed by atoms with Crippen molar-refractivity contribution < 1.29 is 4.79 Å². The van der Waals surface area contributed by atoms with Crippen molar-refractivity contribution in [2.45, 2.75) is 57.0 Å². The van der Waals surface area contributed by atoms with Gasteiger partial charge in [-0.05, 0) is 91.8 Å². The molecule has 3 saturated carbocycles. The Labute approximate surface area is 222 Å². The number of benzene rings is 2. The number of amides is 1. The monoisotopic (exact) mass is 597 g/mol. The molecule has 3 aliphatic rings. The van der Waals surface area contributed by atoms with E-state index in [4.69, 9.17) is 0 Å². The number of hydrogen-bond acceptors (Lipinski definition) is 2. The van der Waals surface area contributed by atoms with Gasteiger partial charge < -0.3 is 5.32 Å². The molecule has 1 amide bonds. The molecule has 3 aromatic rings. The molecule has 1 N–H and O–H groups in total. The molecule has 35 heavy (non-hydrogen) atoms. The average molecular weight is 599 g/mol. The Hall–Kier alpha value is -2.12. The van der Waals surface area contributed by atoms with E-state index in [2.05, 4.69) is 37.2 Å². The predicted octanol–water partition coefficient (Wildman–Crippen LogP) is 6.30. The van der Waals surface area contributed by atoms with E-state index < -0.39 is 0 Å². The van der Waals surface area contributed by atoms with Crippen LogP contribution in [0.5, 0.6) is 0 Å². The molecule has 1 aromatic heterocycles. The molecule has 7 heteroatoms. The van der Waals surface area contributed by atoms with Gasteiger partial charge in [0, 0.05) is 20.7 Å². The minimum atomic E-state index is -0.274. The predicted molar refractivity (Wildman–Crippen MR) is 144 cm³/mol. The Morgan fingerprint density at radius 3 is 2.40 bits per heavy atom. The fourth-order valence-electron chi connectivity index (χ4n) is 7.01. The van der Waals surface area contributed by atoms with E-state index in [1.54, 1.807) is 10.9 Å². The Morgan fingerprint density at radius 1 is 0.971 bits per heavy atom. The van der Waals surface area contributed by atoms with Crippen molar-refractivity contribution in [3.8, 4) is 5.69 Å². The van der Waals surface area contributed by atoms with Crippen LogP contribution in [0.15, 0.2) is 68.5 Å². The summed E-state index contributed by atoms with van der Waals surface area (Å²) in [6.07, 6.45) is 10.00. The molecule has 0 radical (unpaired) electrons. The lowest BCUT2D eigenvalue weighted by Crippen LogP contribution is -2.52. The first-order valence-electron chi connectivity index (χ1n) is 12.5. The van der Waals surface area contributed by atoms with Crippen LogP contribution in [0.3, 0.4) is 0 Å². The van der Waals surface area contributed by atoms with Crippen LogP contribution < -0.4 is 10.9 Å². The lowest BCUT2D eigenvalue weighted by atomic mass is 9.73. The molecule has 1 heterocycles. The van der Waals surface area contributed by atoms with Crippen LogP contribution in [0.1, 0.15) is 60.9 Å². The van der Waals surface area contributed by atoms with Gasteiger partial charge in [0.15, 0.2) is 0 Å². The highest BCUT2D eigenvalue weighted by atomic mass is 79.9. The highest BCUT2D eigenvalue weighted by Crippen LogP contribution is 2.55. The summed E-state index contributed by atoms with van der Waals surface area (Å²) in [5, 5.41) is 3.41. The summed E-state index contributed by atoms with van der Waals surface area (Å²) in [7, 11) is 0. The number of carbonyl (C=O) groups is 1. The SMILES string of the molecule is O=C(NC12CCCC3CC(CC3C1)C2)c1cn(Cc2ccc(Br)cc2)n(-c2ccc(Br)cc2)c1=O. The van der Waals surface area contributed by atoms with Gasteiger partial charge in [0.25, 0.3) is 11.5 Å². The maximum absolute atomic E-state index is 13.7. The van der Waals surface area contributed by atoms with Crippen LogP contribution in [0.2, 0.25) is 0 Å². The van der Waals surface area contributed by atoms with E-state index in [1.807, 2.05) is 53.2 Å². The van der Waals surface area contributed by atoms with Crippen molar-refractivity contribution in [3.63, 3.8) is 0 Å². The first kappa shape index (κ1) is 23.3. The van der Waals surface area contributed by atoms with E-state index in [0.717, 1.165) is 57.2 Å². The van der Waals surface area contributed by atoms with Gasteiger partial charge in [0.1, 0.15) is 5.56 Å². The Bertz CT molecular complexity index is 1310. The van der Waals surface area contributed by atoms with Gasteiger partial charge in [0.2, 0.25) is 0 Å². The van der Waals surface area contributed by atoms with Crippen molar-refractivity contribution in [3.05, 3.63) is 85.2 Å². The third kappa shape index (κ3) is 4.46. The van der Waals surface area contributed by atoms with Crippen molar-refractivity contribution in [2.75, 3.05) is 0 Å². The maximum Gasteiger partial charge on any atom is 0.284 e. The van der Waals surface area contributed by atoms with Gasteiger partial charge in [-0.2, -0.15) is 0 Å². The standard InChI is InChI=1S/C28H29Br2N3O2/c29-22-5-3-18(4-6-22)16-32-17-25(27(35)33(32)24-9-7-23(30)8-10-24)26(34)31-28-11-1-2-20-12-19(14-28)13-21(20)15-28/h3-10,17,19-21H,1-2,11-16H2,(H,31,34). The van der Waals surface area contributed by atoms with Crippen LogP contribution in [0.25, 0.3) is 5.69 Å². The largest absolute Gasteiger partial charge is 0.346 e. The van der Waals surface area contributed by atoms with E-state index in [-0.39, 0.29) is 22.6 Å². The second-order valence-electron chi connectivity index (χ2n) is 10.8. The summed E-state index contributed by atoms with van der Waals surface area (Å²) in [5.74, 6) is 2.07. The second-order valence-corrected chi connectivity index (χ2v) is 12.6. The molecule has 5 nitrogen and oxygen atoms in total. The number of halogens is 2. The maximum atomic E-state index is 13.7. The minimum Gasteiger partial charge on any atom is -0.346 e. The molecule has 2 aromatic carbocycles.